The van der Waals surface area contributed by atoms with Crippen molar-refractivity contribution in [2.75, 3.05) is 38.1 Å². The molecule has 1 unspecified atom stereocenters. The summed E-state index contributed by atoms with van der Waals surface area (Å²) in [6.07, 6.45) is 2.52. The average molecular weight is 346 g/mol. The summed E-state index contributed by atoms with van der Waals surface area (Å²) in [5.41, 5.74) is 0.740. The number of piperidine rings is 1. The van der Waals surface area contributed by atoms with Crippen LogP contribution in [0.4, 0.5) is 5.69 Å². The molecule has 1 aliphatic heterocycles. The monoisotopic (exact) mass is 346 g/mol. The van der Waals surface area contributed by atoms with E-state index in [9.17, 15) is 4.79 Å². The zero-order chi connectivity index (χ0) is 18.1. The first kappa shape index (κ1) is 19.1. The number of carbonyl (C=O) groups excluding carboxylic acids is 1. The van der Waals surface area contributed by atoms with Crippen LogP contribution in [0.1, 0.15) is 33.6 Å². The van der Waals surface area contributed by atoms with Gasteiger partial charge in [-0.3, -0.25) is 4.79 Å². The first-order valence-corrected chi connectivity index (χ1v) is 9.12. The molecule has 1 atom stereocenters. The summed E-state index contributed by atoms with van der Waals surface area (Å²) in [6, 6.07) is 7.41. The molecular formula is C19H30N4O2. The molecule has 0 spiro atoms. The number of ether oxygens (including phenoxy) is 1. The molecule has 0 saturated carbocycles. The van der Waals surface area contributed by atoms with E-state index in [-0.39, 0.29) is 5.91 Å². The number of aliphatic imine (C=N–C) groups is 1. The fourth-order valence-corrected chi connectivity index (χ4v) is 2.99. The molecule has 1 amide bonds. The predicted octanol–water partition coefficient (Wildman–Crippen LogP) is 2.72. The highest BCUT2D eigenvalue weighted by atomic mass is 16.5. The van der Waals surface area contributed by atoms with Gasteiger partial charge in [-0.25, -0.2) is 4.99 Å². The number of likely N-dealkylation sites (tertiary alicyclic amines) is 1. The molecule has 1 aromatic carbocycles. The van der Waals surface area contributed by atoms with Crippen LogP contribution in [0.15, 0.2) is 29.3 Å². The Morgan fingerprint density at radius 2 is 2.28 bits per heavy atom. The van der Waals surface area contributed by atoms with Crippen LogP contribution in [0.5, 0.6) is 5.75 Å². The van der Waals surface area contributed by atoms with Gasteiger partial charge in [0.15, 0.2) is 5.96 Å². The fraction of sp³-hybridized carbons (Fsp3) is 0.579. The lowest BCUT2D eigenvalue weighted by Gasteiger charge is -2.33. The molecule has 138 valence electrons. The third-order valence-electron chi connectivity index (χ3n) is 4.07. The summed E-state index contributed by atoms with van der Waals surface area (Å²) in [7, 11) is 0. The zero-order valence-electron chi connectivity index (χ0n) is 15.5. The highest BCUT2D eigenvalue weighted by Gasteiger charge is 2.18. The van der Waals surface area contributed by atoms with Crippen molar-refractivity contribution in [3.63, 3.8) is 0 Å². The molecule has 1 aliphatic rings. The van der Waals surface area contributed by atoms with Crippen LogP contribution in [0.25, 0.3) is 0 Å². The zero-order valence-corrected chi connectivity index (χ0v) is 15.5. The maximum atomic E-state index is 11.1. The predicted molar refractivity (Wildman–Crippen MR) is 102 cm³/mol. The molecule has 1 fully saturated rings. The lowest BCUT2D eigenvalue weighted by Crippen LogP contribution is -2.46. The fourth-order valence-electron chi connectivity index (χ4n) is 2.99. The van der Waals surface area contributed by atoms with E-state index in [0.29, 0.717) is 19.1 Å². The summed E-state index contributed by atoms with van der Waals surface area (Å²) in [6.45, 7) is 9.96. The summed E-state index contributed by atoms with van der Waals surface area (Å²) < 4.78 is 5.76. The number of carbonyl (C=O) groups is 1. The van der Waals surface area contributed by atoms with Crippen LogP contribution in [0, 0.1) is 5.92 Å². The van der Waals surface area contributed by atoms with Crippen molar-refractivity contribution in [3.8, 4) is 5.75 Å². The minimum Gasteiger partial charge on any atom is -0.492 e. The highest BCUT2D eigenvalue weighted by molar-refractivity contribution is 5.88. The number of hydrogen-bond acceptors (Lipinski definition) is 3. The van der Waals surface area contributed by atoms with E-state index in [0.717, 1.165) is 37.0 Å². The topological polar surface area (TPSA) is 66.0 Å². The quantitative estimate of drug-likeness (QED) is 0.472. The summed E-state index contributed by atoms with van der Waals surface area (Å²) >= 11 is 0. The second-order valence-electron chi connectivity index (χ2n) is 6.49. The van der Waals surface area contributed by atoms with E-state index >= 15 is 0 Å². The maximum absolute atomic E-state index is 11.1. The first-order chi connectivity index (χ1) is 12.1. The molecule has 2 rings (SSSR count). The van der Waals surface area contributed by atoms with Gasteiger partial charge in [0.2, 0.25) is 5.91 Å². The van der Waals surface area contributed by atoms with Crippen LogP contribution >= 0.6 is 0 Å². The van der Waals surface area contributed by atoms with Gasteiger partial charge in [0.25, 0.3) is 0 Å². The number of amides is 1. The number of nitrogens with zero attached hydrogens (tertiary/aromatic N) is 2. The summed E-state index contributed by atoms with van der Waals surface area (Å²) in [4.78, 5) is 18.1. The van der Waals surface area contributed by atoms with Gasteiger partial charge in [0, 0.05) is 38.3 Å². The van der Waals surface area contributed by atoms with Gasteiger partial charge in [-0.15, -0.1) is 0 Å². The summed E-state index contributed by atoms with van der Waals surface area (Å²) in [5, 5.41) is 6.13. The standard InChI is InChI=1S/C19H30N4O2/c1-4-20-19(23-11-6-7-15(2)14-23)21-10-12-25-18-9-5-8-17(13-18)22-16(3)24/h5,8-9,13,15H,4,6-7,10-12,14H2,1-3H3,(H,20,21)(H,22,24). The molecule has 1 saturated heterocycles. The molecule has 0 aromatic heterocycles. The van der Waals surface area contributed by atoms with Gasteiger partial charge in [-0.05, 0) is 37.8 Å². The van der Waals surface area contributed by atoms with Crippen molar-refractivity contribution < 1.29 is 9.53 Å². The lowest BCUT2D eigenvalue weighted by atomic mass is 10.0. The lowest BCUT2D eigenvalue weighted by molar-refractivity contribution is -0.114. The Labute approximate surface area is 150 Å². The molecule has 1 aromatic rings. The molecule has 6 nitrogen and oxygen atoms in total. The van der Waals surface area contributed by atoms with E-state index in [1.807, 2.05) is 24.3 Å². The van der Waals surface area contributed by atoms with Gasteiger partial charge in [0.1, 0.15) is 12.4 Å². The Hall–Kier alpha value is -2.24. The second kappa shape index (κ2) is 9.91. The van der Waals surface area contributed by atoms with E-state index in [1.165, 1.54) is 19.8 Å². The Morgan fingerprint density at radius 3 is 3.00 bits per heavy atom. The largest absolute Gasteiger partial charge is 0.492 e. The molecular weight excluding hydrogens is 316 g/mol. The van der Waals surface area contributed by atoms with Crippen LogP contribution in [0.3, 0.4) is 0 Å². The molecule has 6 heteroatoms. The van der Waals surface area contributed by atoms with Crippen LogP contribution in [-0.2, 0) is 4.79 Å². The van der Waals surface area contributed by atoms with Gasteiger partial charge in [0.05, 0.1) is 6.54 Å². The Kier molecular flexibility index (Phi) is 7.57. The van der Waals surface area contributed by atoms with Crippen molar-refractivity contribution in [2.24, 2.45) is 10.9 Å². The van der Waals surface area contributed by atoms with Crippen molar-refractivity contribution in [1.29, 1.82) is 0 Å². The number of rotatable bonds is 6. The normalized spacial score (nSPS) is 18.0. The van der Waals surface area contributed by atoms with E-state index in [1.54, 1.807) is 0 Å². The van der Waals surface area contributed by atoms with Crippen LogP contribution in [0.2, 0.25) is 0 Å². The van der Waals surface area contributed by atoms with Crippen LogP contribution in [-0.4, -0.2) is 49.6 Å². The third-order valence-corrected chi connectivity index (χ3v) is 4.07. The number of nitrogens with one attached hydrogen (secondary N) is 2. The molecule has 1 heterocycles. The van der Waals surface area contributed by atoms with E-state index in [4.69, 9.17) is 9.73 Å². The van der Waals surface area contributed by atoms with E-state index < -0.39 is 0 Å². The Morgan fingerprint density at radius 1 is 1.44 bits per heavy atom. The minimum absolute atomic E-state index is 0.0900. The van der Waals surface area contributed by atoms with E-state index in [2.05, 4.69) is 29.4 Å². The molecule has 25 heavy (non-hydrogen) atoms. The maximum Gasteiger partial charge on any atom is 0.221 e. The van der Waals surface area contributed by atoms with Crippen LogP contribution < -0.4 is 15.4 Å². The molecule has 2 N–H and O–H groups in total. The van der Waals surface area contributed by atoms with Gasteiger partial charge in [-0.1, -0.05) is 13.0 Å². The summed E-state index contributed by atoms with van der Waals surface area (Å²) in [5.74, 6) is 2.33. The Bertz CT molecular complexity index is 589. The SMILES string of the molecule is CCNC(=NCCOc1cccc(NC(C)=O)c1)N1CCCC(C)C1. The number of anilines is 1. The Balaban J connectivity index is 1.86. The van der Waals surface area contributed by atoms with Crippen molar-refractivity contribution in [3.05, 3.63) is 24.3 Å². The van der Waals surface area contributed by atoms with Crippen molar-refractivity contribution in [2.45, 2.75) is 33.6 Å². The number of guanidine groups is 1. The first-order valence-electron chi connectivity index (χ1n) is 9.12. The smallest absolute Gasteiger partial charge is 0.221 e. The average Bonchev–Trinajstić information content (AvgIpc) is 2.57. The molecule has 0 aliphatic carbocycles. The van der Waals surface area contributed by atoms with Gasteiger partial charge >= 0.3 is 0 Å². The molecule has 0 bridgehead atoms. The molecule has 0 radical (unpaired) electrons. The highest BCUT2D eigenvalue weighted by Crippen LogP contribution is 2.17. The van der Waals surface area contributed by atoms with Crippen molar-refractivity contribution >= 4 is 17.6 Å². The van der Waals surface area contributed by atoms with Crippen molar-refractivity contribution in [1.82, 2.24) is 10.2 Å². The second-order valence-corrected chi connectivity index (χ2v) is 6.49. The number of hydrogen-bond donors (Lipinski definition) is 2. The van der Waals surface area contributed by atoms with Gasteiger partial charge < -0.3 is 20.3 Å². The number of benzene rings is 1. The minimum atomic E-state index is -0.0900. The van der Waals surface area contributed by atoms with Gasteiger partial charge in [-0.2, -0.15) is 0 Å². The third kappa shape index (κ3) is 6.64.